The number of nitrogens with one attached hydrogen (secondary N) is 1. The lowest BCUT2D eigenvalue weighted by atomic mass is 10.3. The fourth-order valence-electron chi connectivity index (χ4n) is 2.14. The molecule has 0 unspecified atom stereocenters. The van der Waals surface area contributed by atoms with Crippen molar-refractivity contribution < 1.29 is 13.9 Å². The summed E-state index contributed by atoms with van der Waals surface area (Å²) >= 11 is 0. The molecule has 22 heavy (non-hydrogen) atoms. The van der Waals surface area contributed by atoms with E-state index >= 15 is 0 Å². The number of carbonyl (C=O) groups is 1. The van der Waals surface area contributed by atoms with Crippen molar-refractivity contribution in [3.63, 3.8) is 0 Å². The van der Waals surface area contributed by atoms with Crippen molar-refractivity contribution >= 4 is 17.5 Å². The second-order valence-corrected chi connectivity index (χ2v) is 4.78. The van der Waals surface area contributed by atoms with Crippen LogP contribution in [-0.2, 0) is 4.74 Å². The minimum atomic E-state index is -0.488. The number of anilines is 2. The zero-order valence-electron chi connectivity index (χ0n) is 11.8. The van der Waals surface area contributed by atoms with Gasteiger partial charge in [-0.3, -0.25) is 4.79 Å². The van der Waals surface area contributed by atoms with Gasteiger partial charge < -0.3 is 15.0 Å². The average Bonchev–Trinajstić information content (AvgIpc) is 2.58. The summed E-state index contributed by atoms with van der Waals surface area (Å²) in [6.07, 6.45) is 1.52. The summed E-state index contributed by atoms with van der Waals surface area (Å²) in [7, 11) is 0. The van der Waals surface area contributed by atoms with Crippen LogP contribution in [0.25, 0.3) is 0 Å². The number of carbonyl (C=O) groups excluding carboxylic acids is 1. The summed E-state index contributed by atoms with van der Waals surface area (Å²) in [6, 6.07) is 7.50. The number of rotatable bonds is 3. The van der Waals surface area contributed by atoms with Crippen molar-refractivity contribution in [2.75, 3.05) is 36.5 Å². The molecule has 0 saturated carbocycles. The number of morpholine rings is 1. The molecule has 3 rings (SSSR count). The zero-order valence-corrected chi connectivity index (χ0v) is 11.8. The Morgan fingerprint density at radius 1 is 1.23 bits per heavy atom. The molecule has 114 valence electrons. The smallest absolute Gasteiger partial charge is 0.274 e. The van der Waals surface area contributed by atoms with Crippen LogP contribution in [0.4, 0.5) is 16.0 Å². The molecule has 1 saturated heterocycles. The minimum absolute atomic E-state index is 0.124. The number of para-hydroxylation sites is 1. The maximum atomic E-state index is 13.6. The number of hydrogen-bond acceptors (Lipinski definition) is 5. The summed E-state index contributed by atoms with van der Waals surface area (Å²) in [6.45, 7) is 2.57. The Kier molecular flexibility index (Phi) is 4.24. The lowest BCUT2D eigenvalue weighted by molar-refractivity contribution is 0.102. The number of amides is 1. The van der Waals surface area contributed by atoms with Crippen LogP contribution >= 0.6 is 0 Å². The summed E-state index contributed by atoms with van der Waals surface area (Å²) in [5.74, 6) is -0.482. The van der Waals surface area contributed by atoms with Crippen LogP contribution < -0.4 is 10.2 Å². The average molecular weight is 302 g/mol. The number of ether oxygens (including phenoxy) is 1. The van der Waals surface area contributed by atoms with Crippen LogP contribution in [0.3, 0.4) is 0 Å². The van der Waals surface area contributed by atoms with Crippen molar-refractivity contribution in [2.45, 2.75) is 0 Å². The van der Waals surface area contributed by atoms with E-state index in [9.17, 15) is 9.18 Å². The van der Waals surface area contributed by atoms with E-state index in [1.54, 1.807) is 12.1 Å². The van der Waals surface area contributed by atoms with E-state index in [2.05, 4.69) is 15.3 Å². The standard InChI is InChI=1S/C15H15FN4O2/c16-11-3-1-2-4-12(11)18-14(21)13-5-6-17-15(19-13)20-7-9-22-10-8-20/h1-6H,7-10H2,(H,18,21). The Labute approximate surface area is 126 Å². The molecule has 2 aromatic rings. The van der Waals surface area contributed by atoms with E-state index in [-0.39, 0.29) is 11.4 Å². The Hall–Kier alpha value is -2.54. The first-order valence-electron chi connectivity index (χ1n) is 6.95. The number of benzene rings is 1. The van der Waals surface area contributed by atoms with Crippen LogP contribution in [0.2, 0.25) is 0 Å². The van der Waals surface area contributed by atoms with E-state index in [1.807, 2.05) is 4.90 Å². The lowest BCUT2D eigenvalue weighted by Gasteiger charge is -2.26. The molecule has 0 radical (unpaired) electrons. The van der Waals surface area contributed by atoms with Crippen molar-refractivity contribution in [2.24, 2.45) is 0 Å². The van der Waals surface area contributed by atoms with Gasteiger partial charge in [0, 0.05) is 19.3 Å². The third-order valence-corrected chi connectivity index (χ3v) is 3.29. The molecule has 1 N–H and O–H groups in total. The van der Waals surface area contributed by atoms with Gasteiger partial charge >= 0.3 is 0 Å². The fraction of sp³-hybridized carbons (Fsp3) is 0.267. The van der Waals surface area contributed by atoms with Gasteiger partial charge in [0.25, 0.3) is 5.91 Å². The summed E-state index contributed by atoms with van der Waals surface area (Å²) in [5, 5.41) is 2.51. The predicted octanol–water partition coefficient (Wildman–Crippen LogP) is 1.70. The first kappa shape index (κ1) is 14.4. The van der Waals surface area contributed by atoms with Gasteiger partial charge in [-0.1, -0.05) is 12.1 Å². The monoisotopic (exact) mass is 302 g/mol. The maximum Gasteiger partial charge on any atom is 0.274 e. The zero-order chi connectivity index (χ0) is 15.4. The van der Waals surface area contributed by atoms with Gasteiger partial charge in [0.15, 0.2) is 0 Å². The van der Waals surface area contributed by atoms with Crippen LogP contribution in [0, 0.1) is 5.82 Å². The van der Waals surface area contributed by atoms with Crippen LogP contribution in [-0.4, -0.2) is 42.2 Å². The molecule has 0 aliphatic carbocycles. The van der Waals surface area contributed by atoms with Crippen molar-refractivity contribution in [1.29, 1.82) is 0 Å². The number of hydrogen-bond donors (Lipinski definition) is 1. The summed E-state index contributed by atoms with van der Waals surface area (Å²) in [4.78, 5) is 22.6. The maximum absolute atomic E-state index is 13.6. The van der Waals surface area contributed by atoms with Crippen molar-refractivity contribution in [3.05, 3.63) is 48.0 Å². The molecule has 2 heterocycles. The van der Waals surface area contributed by atoms with E-state index in [1.165, 1.54) is 24.4 Å². The topological polar surface area (TPSA) is 67.4 Å². The van der Waals surface area contributed by atoms with E-state index in [0.29, 0.717) is 32.3 Å². The normalized spacial score (nSPS) is 14.7. The Balaban J connectivity index is 1.76. The third-order valence-electron chi connectivity index (χ3n) is 3.29. The molecule has 0 spiro atoms. The molecule has 1 aliphatic rings. The fourth-order valence-corrected chi connectivity index (χ4v) is 2.14. The van der Waals surface area contributed by atoms with Crippen LogP contribution in [0.15, 0.2) is 36.5 Å². The molecule has 1 amide bonds. The van der Waals surface area contributed by atoms with Gasteiger partial charge in [-0.15, -0.1) is 0 Å². The highest BCUT2D eigenvalue weighted by atomic mass is 19.1. The quantitative estimate of drug-likeness (QED) is 0.935. The van der Waals surface area contributed by atoms with Crippen LogP contribution in [0.1, 0.15) is 10.5 Å². The Morgan fingerprint density at radius 2 is 2.00 bits per heavy atom. The van der Waals surface area contributed by atoms with Gasteiger partial charge in [0.1, 0.15) is 11.5 Å². The number of halogens is 1. The molecule has 0 atom stereocenters. The van der Waals surface area contributed by atoms with E-state index < -0.39 is 11.7 Å². The second-order valence-electron chi connectivity index (χ2n) is 4.78. The van der Waals surface area contributed by atoms with Gasteiger partial charge in [-0.2, -0.15) is 0 Å². The first-order valence-corrected chi connectivity index (χ1v) is 6.95. The molecular weight excluding hydrogens is 287 g/mol. The third kappa shape index (κ3) is 3.20. The summed E-state index contributed by atoms with van der Waals surface area (Å²) < 4.78 is 18.8. The number of aromatic nitrogens is 2. The predicted molar refractivity (Wildman–Crippen MR) is 79.4 cm³/mol. The molecule has 1 fully saturated rings. The summed E-state index contributed by atoms with van der Waals surface area (Å²) in [5.41, 5.74) is 0.318. The van der Waals surface area contributed by atoms with Gasteiger partial charge in [-0.05, 0) is 18.2 Å². The lowest BCUT2D eigenvalue weighted by Crippen LogP contribution is -2.37. The number of nitrogens with zero attached hydrogens (tertiary/aromatic N) is 3. The van der Waals surface area contributed by atoms with Crippen molar-refractivity contribution in [3.8, 4) is 0 Å². The SMILES string of the molecule is O=C(Nc1ccccc1F)c1ccnc(N2CCOCC2)n1. The van der Waals surface area contributed by atoms with Gasteiger partial charge in [-0.25, -0.2) is 14.4 Å². The van der Waals surface area contributed by atoms with Gasteiger partial charge in [0.05, 0.1) is 18.9 Å². The van der Waals surface area contributed by atoms with Crippen LogP contribution in [0.5, 0.6) is 0 Å². The largest absolute Gasteiger partial charge is 0.378 e. The molecule has 1 aliphatic heterocycles. The molecular formula is C15H15FN4O2. The van der Waals surface area contributed by atoms with E-state index in [4.69, 9.17) is 4.74 Å². The Morgan fingerprint density at radius 3 is 2.77 bits per heavy atom. The highest BCUT2D eigenvalue weighted by molar-refractivity contribution is 6.03. The minimum Gasteiger partial charge on any atom is -0.378 e. The second kappa shape index (κ2) is 6.48. The van der Waals surface area contributed by atoms with Gasteiger partial charge in [0.2, 0.25) is 5.95 Å². The van der Waals surface area contributed by atoms with Crippen molar-refractivity contribution in [1.82, 2.24) is 9.97 Å². The first-order chi connectivity index (χ1) is 10.7. The molecule has 1 aromatic heterocycles. The molecule has 7 heteroatoms. The molecule has 0 bridgehead atoms. The highest BCUT2D eigenvalue weighted by Gasteiger charge is 2.16. The Bertz CT molecular complexity index is 674. The molecule has 1 aromatic carbocycles. The highest BCUT2D eigenvalue weighted by Crippen LogP contribution is 2.15. The molecule has 6 nitrogen and oxygen atoms in total. The van der Waals surface area contributed by atoms with E-state index in [0.717, 1.165) is 0 Å².